The molecule has 1 aromatic carbocycles. The molecule has 0 spiro atoms. The summed E-state index contributed by atoms with van der Waals surface area (Å²) >= 11 is 0.890. The van der Waals surface area contributed by atoms with E-state index in [-0.39, 0.29) is 30.2 Å². The Morgan fingerprint density at radius 3 is 2.76 bits per heavy atom. The average Bonchev–Trinajstić information content (AvgIpc) is 2.39. The van der Waals surface area contributed by atoms with Crippen LogP contribution in [0.1, 0.15) is 5.56 Å². The average molecular weight is 323 g/mol. The van der Waals surface area contributed by atoms with Gasteiger partial charge in [-0.05, 0) is 30.1 Å². The predicted octanol–water partition coefficient (Wildman–Crippen LogP) is -0.433. The van der Waals surface area contributed by atoms with E-state index in [1.165, 1.54) is 12.1 Å². The van der Waals surface area contributed by atoms with Gasteiger partial charge in [0.05, 0.1) is 4.90 Å². The molecule has 0 aliphatic heterocycles. The number of hydrazine groups is 1. The zero-order valence-corrected chi connectivity index (χ0v) is 11.5. The number of halogens is 3. The number of rotatable bonds is 7. The summed E-state index contributed by atoms with van der Waals surface area (Å²) in [5.74, 6) is 4.42. The third-order valence-electron chi connectivity index (χ3n) is 2.05. The van der Waals surface area contributed by atoms with Crippen molar-refractivity contribution in [3.63, 3.8) is 0 Å². The number of amidine groups is 1. The lowest BCUT2D eigenvalue weighted by Gasteiger charge is -2.14. The van der Waals surface area contributed by atoms with Crippen molar-refractivity contribution in [1.29, 1.82) is 0 Å². The molecule has 7 N–H and O–H groups in total. The highest BCUT2D eigenvalue weighted by Crippen LogP contribution is 2.32. The summed E-state index contributed by atoms with van der Waals surface area (Å²) in [6.07, 6.45) is -4.64. The Morgan fingerprint density at radius 2 is 2.19 bits per heavy atom. The maximum absolute atomic E-state index is 12.4. The van der Waals surface area contributed by atoms with Crippen LogP contribution in [-0.4, -0.2) is 31.1 Å². The lowest BCUT2D eigenvalue weighted by molar-refractivity contribution is -0.275. The van der Waals surface area contributed by atoms with E-state index in [2.05, 4.69) is 14.6 Å². The van der Waals surface area contributed by atoms with Crippen LogP contribution in [-0.2, 0) is 0 Å². The fourth-order valence-electron chi connectivity index (χ4n) is 1.26. The standard InChI is InChI=1S/C9H13BF3N5O2S/c11-9(12,13)20-6-3-5(8(14)17-18-15)1-2-7(6)21-16-4-10-19/h1-3,10,16,18-19H,4,15H2,(H2,14,17). The van der Waals surface area contributed by atoms with Crippen LogP contribution in [0.4, 0.5) is 13.2 Å². The molecule has 0 aliphatic carbocycles. The minimum Gasteiger partial charge on any atom is -0.452 e. The molecule has 12 heteroatoms. The SMILES string of the molecule is NN/N=C(\N)c1ccc(SNCBO)c(OC(F)(F)F)c1. The second-order valence-corrected chi connectivity index (χ2v) is 4.49. The van der Waals surface area contributed by atoms with Gasteiger partial charge in [-0.2, -0.15) is 0 Å². The summed E-state index contributed by atoms with van der Waals surface area (Å²) in [4.78, 5) is 0.179. The van der Waals surface area contributed by atoms with E-state index < -0.39 is 12.1 Å². The van der Waals surface area contributed by atoms with E-state index in [1.807, 2.05) is 5.53 Å². The second-order valence-electron chi connectivity index (χ2n) is 3.56. The highest BCUT2D eigenvalue weighted by molar-refractivity contribution is 7.97. The maximum Gasteiger partial charge on any atom is 0.573 e. The van der Waals surface area contributed by atoms with Crippen LogP contribution >= 0.6 is 11.9 Å². The van der Waals surface area contributed by atoms with Gasteiger partial charge < -0.3 is 15.5 Å². The summed E-state index contributed by atoms with van der Waals surface area (Å²) in [6, 6.07) is 3.93. The van der Waals surface area contributed by atoms with Crippen molar-refractivity contribution in [2.45, 2.75) is 11.3 Å². The molecule has 7 nitrogen and oxygen atoms in total. The normalized spacial score (nSPS) is 12.1. The van der Waals surface area contributed by atoms with Crippen LogP contribution in [0.3, 0.4) is 0 Å². The Kier molecular flexibility index (Phi) is 6.62. The van der Waals surface area contributed by atoms with Gasteiger partial charge >= 0.3 is 6.36 Å². The molecule has 0 aromatic heterocycles. The van der Waals surface area contributed by atoms with Gasteiger partial charge in [0.25, 0.3) is 7.48 Å². The van der Waals surface area contributed by atoms with Crippen LogP contribution < -0.4 is 26.6 Å². The molecule has 0 amide bonds. The Labute approximate surface area is 123 Å². The molecule has 0 radical (unpaired) electrons. The van der Waals surface area contributed by atoms with Gasteiger partial charge in [0.15, 0.2) is 5.84 Å². The molecule has 116 valence electrons. The summed E-state index contributed by atoms with van der Waals surface area (Å²) in [5, 5.41) is 12.1. The van der Waals surface area contributed by atoms with E-state index in [0.717, 1.165) is 18.0 Å². The first-order chi connectivity index (χ1) is 9.87. The van der Waals surface area contributed by atoms with Crippen LogP contribution in [0.2, 0.25) is 0 Å². The van der Waals surface area contributed by atoms with Gasteiger partial charge in [-0.25, -0.2) is 11.4 Å². The van der Waals surface area contributed by atoms with Crippen molar-refractivity contribution < 1.29 is 22.9 Å². The molecule has 0 aliphatic rings. The molecule has 0 atom stereocenters. The predicted molar refractivity (Wildman–Crippen MR) is 74.4 cm³/mol. The summed E-state index contributed by atoms with van der Waals surface area (Å²) in [7, 11) is -0.150. The Balaban J connectivity index is 3.04. The van der Waals surface area contributed by atoms with Gasteiger partial charge in [0.1, 0.15) is 5.75 Å². The fourth-order valence-corrected chi connectivity index (χ4v) is 1.95. The molecule has 0 saturated carbocycles. The molecule has 0 fully saturated rings. The van der Waals surface area contributed by atoms with Crippen molar-refractivity contribution in [1.82, 2.24) is 10.3 Å². The van der Waals surface area contributed by atoms with Crippen LogP contribution in [0, 0.1) is 0 Å². The molecule has 1 rings (SSSR count). The molecule has 0 unspecified atom stereocenters. The molecule has 0 bridgehead atoms. The first kappa shape index (κ1) is 17.4. The molecular formula is C9H13BF3N5O2S. The van der Waals surface area contributed by atoms with Crippen LogP contribution in [0.15, 0.2) is 28.2 Å². The van der Waals surface area contributed by atoms with Crippen molar-refractivity contribution in [2.75, 3.05) is 6.44 Å². The maximum atomic E-state index is 12.4. The number of hydrogen-bond donors (Lipinski definition) is 5. The minimum atomic E-state index is -4.84. The number of benzene rings is 1. The minimum absolute atomic E-state index is 0.0932. The molecule has 0 heterocycles. The largest absolute Gasteiger partial charge is 0.573 e. The molecular weight excluding hydrogens is 310 g/mol. The first-order valence-corrected chi connectivity index (χ1v) is 6.38. The van der Waals surface area contributed by atoms with E-state index in [4.69, 9.17) is 16.6 Å². The molecule has 1 aromatic rings. The highest BCUT2D eigenvalue weighted by atomic mass is 32.2. The van der Waals surface area contributed by atoms with E-state index in [9.17, 15) is 13.2 Å². The van der Waals surface area contributed by atoms with Crippen molar-refractivity contribution in [2.24, 2.45) is 16.7 Å². The monoisotopic (exact) mass is 323 g/mol. The number of nitrogens with two attached hydrogens (primary N) is 2. The quantitative estimate of drug-likeness (QED) is 0.0878. The highest BCUT2D eigenvalue weighted by Gasteiger charge is 2.32. The van der Waals surface area contributed by atoms with Crippen molar-refractivity contribution in [3.05, 3.63) is 23.8 Å². The van der Waals surface area contributed by atoms with E-state index >= 15 is 0 Å². The number of ether oxygens (including phenoxy) is 1. The van der Waals surface area contributed by atoms with Crippen molar-refractivity contribution >= 4 is 25.3 Å². The number of hydrazone groups is 1. The van der Waals surface area contributed by atoms with Gasteiger partial charge in [0.2, 0.25) is 0 Å². The summed E-state index contributed by atoms with van der Waals surface area (Å²) in [6.45, 7) is 0. The third-order valence-corrected chi connectivity index (χ3v) is 2.95. The Morgan fingerprint density at radius 1 is 1.48 bits per heavy atom. The molecule has 0 saturated heterocycles. The third kappa shape index (κ3) is 6.12. The van der Waals surface area contributed by atoms with Gasteiger partial charge in [0, 0.05) is 12.0 Å². The number of nitrogens with one attached hydrogen (secondary N) is 2. The zero-order valence-electron chi connectivity index (χ0n) is 10.6. The summed E-state index contributed by atoms with van der Waals surface area (Å²) < 4.78 is 43.8. The topological polar surface area (TPSA) is 118 Å². The Bertz CT molecular complexity index is 503. The number of hydrogen-bond acceptors (Lipinski definition) is 7. The fraction of sp³-hybridized carbons (Fsp3) is 0.222. The second kappa shape index (κ2) is 7.97. The summed E-state index contributed by atoms with van der Waals surface area (Å²) in [5.41, 5.74) is 7.68. The number of nitrogens with zero attached hydrogens (tertiary/aromatic N) is 1. The van der Waals surface area contributed by atoms with Crippen LogP contribution in [0.5, 0.6) is 5.75 Å². The van der Waals surface area contributed by atoms with Crippen molar-refractivity contribution in [3.8, 4) is 5.75 Å². The lowest BCUT2D eigenvalue weighted by atomic mass is 10.1. The number of alkyl halides is 3. The van der Waals surface area contributed by atoms with Crippen LogP contribution in [0.25, 0.3) is 0 Å². The van der Waals surface area contributed by atoms with Gasteiger partial charge in [-0.15, -0.1) is 18.3 Å². The zero-order chi connectivity index (χ0) is 15.9. The van der Waals surface area contributed by atoms with Gasteiger partial charge in [-0.3, -0.25) is 4.72 Å². The smallest absolute Gasteiger partial charge is 0.452 e. The Hall–Kier alpha value is -1.63. The molecule has 21 heavy (non-hydrogen) atoms. The first-order valence-electron chi connectivity index (χ1n) is 5.57. The van der Waals surface area contributed by atoms with E-state index in [1.54, 1.807) is 0 Å². The van der Waals surface area contributed by atoms with E-state index in [0.29, 0.717) is 0 Å². The lowest BCUT2D eigenvalue weighted by Crippen LogP contribution is -2.23. The van der Waals surface area contributed by atoms with Gasteiger partial charge in [-0.1, -0.05) is 0 Å².